The van der Waals surface area contributed by atoms with Gasteiger partial charge in [0.05, 0.1) is 5.52 Å². The smallest absolute Gasteiger partial charge is 0.0704 e. The van der Waals surface area contributed by atoms with Gasteiger partial charge in [-0.1, -0.05) is 13.0 Å². The Balaban J connectivity index is 2.39. The van der Waals surface area contributed by atoms with E-state index >= 15 is 0 Å². The van der Waals surface area contributed by atoms with E-state index < -0.39 is 0 Å². The molecule has 2 aromatic rings. The molecule has 1 heterocycles. The molecular weight excluding hydrogens is 196 g/mol. The highest BCUT2D eigenvalue weighted by molar-refractivity contribution is 5.82. The molecule has 84 valence electrons. The Labute approximate surface area is 96.5 Å². The van der Waals surface area contributed by atoms with Gasteiger partial charge in [0.25, 0.3) is 0 Å². The van der Waals surface area contributed by atoms with Gasteiger partial charge in [-0.05, 0) is 55.1 Å². The Morgan fingerprint density at radius 3 is 2.88 bits per heavy atom. The zero-order chi connectivity index (χ0) is 11.5. The lowest BCUT2D eigenvalue weighted by molar-refractivity contribution is 0.593. The lowest BCUT2D eigenvalue weighted by atomic mass is 9.99. The molecule has 0 saturated carbocycles. The summed E-state index contributed by atoms with van der Waals surface area (Å²) in [6, 6.07) is 8.55. The Morgan fingerprint density at radius 2 is 2.12 bits per heavy atom. The molecule has 2 heteroatoms. The van der Waals surface area contributed by atoms with Gasteiger partial charge in [-0.3, -0.25) is 4.98 Å². The summed E-state index contributed by atoms with van der Waals surface area (Å²) in [6.45, 7) is 5.05. The number of rotatable bonds is 3. The van der Waals surface area contributed by atoms with Crippen molar-refractivity contribution >= 4 is 10.9 Å². The molecular formula is C14H18N2. The molecule has 16 heavy (non-hydrogen) atoms. The second-order valence-electron chi connectivity index (χ2n) is 4.52. The Hall–Kier alpha value is -1.41. The SMILES string of the molecule is Cc1ccnc2ccc(CC(C)CN)cc12. The van der Waals surface area contributed by atoms with Crippen LogP contribution >= 0.6 is 0 Å². The average molecular weight is 214 g/mol. The van der Waals surface area contributed by atoms with Gasteiger partial charge in [0.15, 0.2) is 0 Å². The van der Waals surface area contributed by atoms with Crippen LogP contribution in [0.2, 0.25) is 0 Å². The van der Waals surface area contributed by atoms with Crippen molar-refractivity contribution in [3.63, 3.8) is 0 Å². The molecule has 0 aliphatic heterocycles. The monoisotopic (exact) mass is 214 g/mol. The van der Waals surface area contributed by atoms with Crippen molar-refractivity contribution in [1.82, 2.24) is 4.98 Å². The third kappa shape index (κ3) is 2.22. The molecule has 0 bridgehead atoms. The number of pyridine rings is 1. The normalized spacial score (nSPS) is 12.9. The molecule has 0 saturated heterocycles. The van der Waals surface area contributed by atoms with Gasteiger partial charge >= 0.3 is 0 Å². The fourth-order valence-corrected chi connectivity index (χ4v) is 1.94. The molecule has 1 aromatic heterocycles. The Bertz CT molecular complexity index is 491. The predicted molar refractivity (Wildman–Crippen MR) is 68.4 cm³/mol. The van der Waals surface area contributed by atoms with Gasteiger partial charge < -0.3 is 5.73 Å². The van der Waals surface area contributed by atoms with E-state index in [4.69, 9.17) is 5.73 Å². The van der Waals surface area contributed by atoms with E-state index in [1.165, 1.54) is 16.5 Å². The number of benzene rings is 1. The molecule has 1 unspecified atom stereocenters. The quantitative estimate of drug-likeness (QED) is 0.853. The molecule has 0 fully saturated rings. The summed E-state index contributed by atoms with van der Waals surface area (Å²) in [5.74, 6) is 0.537. The van der Waals surface area contributed by atoms with Crippen molar-refractivity contribution in [3.05, 3.63) is 41.6 Å². The molecule has 0 radical (unpaired) electrons. The van der Waals surface area contributed by atoms with Crippen LogP contribution in [0.15, 0.2) is 30.5 Å². The number of aromatic nitrogens is 1. The lowest BCUT2D eigenvalue weighted by Crippen LogP contribution is -2.13. The first-order valence-corrected chi connectivity index (χ1v) is 5.75. The topological polar surface area (TPSA) is 38.9 Å². The van der Waals surface area contributed by atoms with E-state index in [-0.39, 0.29) is 0 Å². The van der Waals surface area contributed by atoms with Crippen LogP contribution in [0.4, 0.5) is 0 Å². The van der Waals surface area contributed by atoms with Crippen LogP contribution in [-0.4, -0.2) is 11.5 Å². The second-order valence-corrected chi connectivity index (χ2v) is 4.52. The number of fused-ring (bicyclic) bond motifs is 1. The number of nitrogens with zero attached hydrogens (tertiary/aromatic N) is 1. The van der Waals surface area contributed by atoms with Crippen molar-refractivity contribution < 1.29 is 0 Å². The van der Waals surface area contributed by atoms with E-state index in [0.717, 1.165) is 18.5 Å². The van der Waals surface area contributed by atoms with Crippen LogP contribution in [0.5, 0.6) is 0 Å². The van der Waals surface area contributed by atoms with Gasteiger partial charge in [-0.2, -0.15) is 0 Å². The number of aryl methyl sites for hydroxylation is 1. The molecule has 2 rings (SSSR count). The standard InChI is InChI=1S/C14H18N2/c1-10(9-15)7-12-3-4-14-13(8-12)11(2)5-6-16-14/h3-6,8,10H,7,9,15H2,1-2H3. The highest BCUT2D eigenvalue weighted by Crippen LogP contribution is 2.19. The highest BCUT2D eigenvalue weighted by atomic mass is 14.6. The fourth-order valence-electron chi connectivity index (χ4n) is 1.94. The van der Waals surface area contributed by atoms with Gasteiger partial charge in [-0.15, -0.1) is 0 Å². The summed E-state index contributed by atoms with van der Waals surface area (Å²) in [7, 11) is 0. The molecule has 1 atom stereocenters. The first kappa shape index (κ1) is 11.1. The van der Waals surface area contributed by atoms with E-state index in [1.54, 1.807) is 0 Å². The van der Waals surface area contributed by atoms with Crippen LogP contribution in [0.1, 0.15) is 18.1 Å². The zero-order valence-corrected chi connectivity index (χ0v) is 9.90. The van der Waals surface area contributed by atoms with Gasteiger partial charge in [0, 0.05) is 11.6 Å². The second kappa shape index (κ2) is 4.62. The fraction of sp³-hybridized carbons (Fsp3) is 0.357. The van der Waals surface area contributed by atoms with Crippen molar-refractivity contribution in [1.29, 1.82) is 0 Å². The summed E-state index contributed by atoms with van der Waals surface area (Å²) in [5, 5.41) is 1.25. The van der Waals surface area contributed by atoms with E-state index in [9.17, 15) is 0 Å². The molecule has 2 nitrogen and oxygen atoms in total. The average Bonchev–Trinajstić information content (AvgIpc) is 2.30. The summed E-state index contributed by atoms with van der Waals surface area (Å²) in [4.78, 5) is 4.36. The largest absolute Gasteiger partial charge is 0.330 e. The number of nitrogens with two attached hydrogens (primary N) is 1. The van der Waals surface area contributed by atoms with Crippen LogP contribution in [0.3, 0.4) is 0 Å². The van der Waals surface area contributed by atoms with Crippen molar-refractivity contribution in [2.24, 2.45) is 11.7 Å². The van der Waals surface area contributed by atoms with Crippen molar-refractivity contribution in [3.8, 4) is 0 Å². The van der Waals surface area contributed by atoms with Crippen LogP contribution in [0, 0.1) is 12.8 Å². The minimum absolute atomic E-state index is 0.537. The number of hydrogen-bond donors (Lipinski definition) is 1. The minimum Gasteiger partial charge on any atom is -0.330 e. The Kier molecular flexibility index (Phi) is 3.20. The predicted octanol–water partition coefficient (Wildman–Crippen LogP) is 2.68. The Morgan fingerprint density at radius 1 is 1.31 bits per heavy atom. The van der Waals surface area contributed by atoms with E-state index in [1.807, 2.05) is 6.20 Å². The molecule has 1 aromatic carbocycles. The molecule has 2 N–H and O–H groups in total. The first-order chi connectivity index (χ1) is 7.70. The van der Waals surface area contributed by atoms with Crippen molar-refractivity contribution in [2.45, 2.75) is 20.3 Å². The van der Waals surface area contributed by atoms with Crippen molar-refractivity contribution in [2.75, 3.05) is 6.54 Å². The maximum Gasteiger partial charge on any atom is 0.0704 e. The highest BCUT2D eigenvalue weighted by Gasteiger charge is 2.04. The van der Waals surface area contributed by atoms with Crippen LogP contribution in [-0.2, 0) is 6.42 Å². The molecule has 0 amide bonds. The summed E-state index contributed by atoms with van der Waals surface area (Å²) in [5.41, 5.74) is 9.36. The summed E-state index contributed by atoms with van der Waals surface area (Å²) < 4.78 is 0. The molecule has 0 aliphatic rings. The van der Waals surface area contributed by atoms with E-state index in [2.05, 4.69) is 43.1 Å². The van der Waals surface area contributed by atoms with Gasteiger partial charge in [-0.25, -0.2) is 0 Å². The number of hydrogen-bond acceptors (Lipinski definition) is 2. The van der Waals surface area contributed by atoms with Gasteiger partial charge in [0.1, 0.15) is 0 Å². The van der Waals surface area contributed by atoms with Crippen LogP contribution < -0.4 is 5.73 Å². The maximum absolute atomic E-state index is 5.65. The third-order valence-electron chi connectivity index (χ3n) is 3.01. The lowest BCUT2D eigenvalue weighted by Gasteiger charge is -2.09. The summed E-state index contributed by atoms with van der Waals surface area (Å²) >= 11 is 0. The van der Waals surface area contributed by atoms with E-state index in [0.29, 0.717) is 5.92 Å². The minimum atomic E-state index is 0.537. The third-order valence-corrected chi connectivity index (χ3v) is 3.01. The van der Waals surface area contributed by atoms with Crippen LogP contribution in [0.25, 0.3) is 10.9 Å². The van der Waals surface area contributed by atoms with Gasteiger partial charge in [0.2, 0.25) is 0 Å². The first-order valence-electron chi connectivity index (χ1n) is 5.75. The maximum atomic E-state index is 5.65. The molecule has 0 spiro atoms. The zero-order valence-electron chi connectivity index (χ0n) is 9.90. The summed E-state index contributed by atoms with van der Waals surface area (Å²) in [6.07, 6.45) is 2.90. The molecule has 0 aliphatic carbocycles.